The summed E-state index contributed by atoms with van der Waals surface area (Å²) in [4.78, 5) is 8.02. The van der Waals surface area contributed by atoms with Crippen LogP contribution in [0.3, 0.4) is 0 Å². The van der Waals surface area contributed by atoms with Crippen LogP contribution in [0, 0.1) is 11.6 Å². The number of aromatic nitrogens is 2. The van der Waals surface area contributed by atoms with Gasteiger partial charge in [0.2, 0.25) is 0 Å². The molecule has 0 unspecified atom stereocenters. The summed E-state index contributed by atoms with van der Waals surface area (Å²) < 4.78 is 1.77. The van der Waals surface area contributed by atoms with Gasteiger partial charge in [0.25, 0.3) is 0 Å². The molecule has 3 rings (SSSR count). The van der Waals surface area contributed by atoms with Crippen molar-refractivity contribution in [3.8, 4) is 11.4 Å². The molecule has 2 nitrogen and oxygen atoms in total. The van der Waals surface area contributed by atoms with Gasteiger partial charge >= 0.3 is 0 Å². The van der Waals surface area contributed by atoms with Crippen LogP contribution >= 0.6 is 28.1 Å². The molecule has 0 spiro atoms. The maximum Gasteiger partial charge on any atom is 0.139 e. The SMILES string of the molecule is Cc1cc(Br)ccc1-c1nc(=S)cc(C2CCCC2)[nH]1. The summed E-state index contributed by atoms with van der Waals surface area (Å²) in [6, 6.07) is 8.27. The highest BCUT2D eigenvalue weighted by molar-refractivity contribution is 9.10. The zero-order valence-corrected chi connectivity index (χ0v) is 13.9. The molecular weight excluding hydrogens is 332 g/mol. The quantitative estimate of drug-likeness (QED) is 0.722. The number of hydrogen-bond donors (Lipinski definition) is 1. The van der Waals surface area contributed by atoms with Gasteiger partial charge in [0.1, 0.15) is 10.5 Å². The first-order chi connectivity index (χ1) is 9.63. The number of nitrogens with one attached hydrogen (secondary N) is 1. The van der Waals surface area contributed by atoms with E-state index in [0.717, 1.165) is 15.9 Å². The van der Waals surface area contributed by atoms with Gasteiger partial charge in [0, 0.05) is 15.7 Å². The summed E-state index contributed by atoms with van der Waals surface area (Å²) in [5, 5.41) is 0. The molecule has 1 saturated carbocycles. The van der Waals surface area contributed by atoms with Crippen molar-refractivity contribution in [2.24, 2.45) is 0 Å². The van der Waals surface area contributed by atoms with Gasteiger partial charge in [-0.2, -0.15) is 0 Å². The zero-order valence-electron chi connectivity index (χ0n) is 11.4. The van der Waals surface area contributed by atoms with Crippen molar-refractivity contribution in [2.45, 2.75) is 38.5 Å². The van der Waals surface area contributed by atoms with E-state index >= 15 is 0 Å². The van der Waals surface area contributed by atoms with Crippen molar-refractivity contribution >= 4 is 28.1 Å². The number of benzene rings is 1. The van der Waals surface area contributed by atoms with Crippen LogP contribution in [0.15, 0.2) is 28.7 Å². The minimum atomic E-state index is 0.620. The molecule has 1 fully saturated rings. The third kappa shape index (κ3) is 2.86. The van der Waals surface area contributed by atoms with Gasteiger partial charge in [-0.05, 0) is 55.5 Å². The number of hydrogen-bond acceptors (Lipinski definition) is 2. The molecule has 0 radical (unpaired) electrons. The summed E-state index contributed by atoms with van der Waals surface area (Å²) in [5.41, 5.74) is 3.57. The Kier molecular flexibility index (Phi) is 4.03. The smallest absolute Gasteiger partial charge is 0.139 e. The lowest BCUT2D eigenvalue weighted by molar-refractivity contribution is 0.694. The van der Waals surface area contributed by atoms with E-state index in [0.29, 0.717) is 10.6 Å². The molecule has 0 atom stereocenters. The van der Waals surface area contributed by atoms with E-state index in [4.69, 9.17) is 12.2 Å². The Morgan fingerprint density at radius 3 is 2.70 bits per heavy atom. The summed E-state index contributed by atoms with van der Waals surface area (Å²) >= 11 is 8.85. The van der Waals surface area contributed by atoms with E-state index in [2.05, 4.69) is 45.0 Å². The largest absolute Gasteiger partial charge is 0.343 e. The second-order valence-electron chi connectivity index (χ2n) is 5.46. The van der Waals surface area contributed by atoms with E-state index in [1.165, 1.54) is 36.9 Å². The topological polar surface area (TPSA) is 28.7 Å². The fourth-order valence-electron chi connectivity index (χ4n) is 2.95. The Hall–Kier alpha value is -1.00. The number of nitrogens with zero attached hydrogens (tertiary/aromatic N) is 1. The van der Waals surface area contributed by atoms with Crippen LogP contribution in [-0.2, 0) is 0 Å². The van der Waals surface area contributed by atoms with Crippen LogP contribution in [0.1, 0.15) is 42.9 Å². The maximum absolute atomic E-state index is 5.35. The monoisotopic (exact) mass is 348 g/mol. The van der Waals surface area contributed by atoms with Crippen molar-refractivity contribution in [1.82, 2.24) is 9.97 Å². The highest BCUT2D eigenvalue weighted by Gasteiger charge is 2.18. The van der Waals surface area contributed by atoms with E-state index < -0.39 is 0 Å². The number of halogens is 1. The number of H-pyrrole nitrogens is 1. The first kappa shape index (κ1) is 14.0. The Bertz CT molecular complexity index is 687. The van der Waals surface area contributed by atoms with Crippen LogP contribution in [0.4, 0.5) is 0 Å². The van der Waals surface area contributed by atoms with Crippen LogP contribution in [0.25, 0.3) is 11.4 Å². The van der Waals surface area contributed by atoms with E-state index in [1.807, 2.05) is 12.1 Å². The second kappa shape index (κ2) is 5.78. The average molecular weight is 349 g/mol. The van der Waals surface area contributed by atoms with Gasteiger partial charge in [-0.25, -0.2) is 4.98 Å². The average Bonchev–Trinajstić information content (AvgIpc) is 2.91. The predicted molar refractivity (Wildman–Crippen MR) is 88.5 cm³/mol. The maximum atomic E-state index is 5.35. The number of rotatable bonds is 2. The lowest BCUT2D eigenvalue weighted by atomic mass is 10.0. The normalized spacial score (nSPS) is 15.7. The molecule has 1 aromatic heterocycles. The van der Waals surface area contributed by atoms with Crippen molar-refractivity contribution in [1.29, 1.82) is 0 Å². The van der Waals surface area contributed by atoms with Crippen molar-refractivity contribution in [3.05, 3.63) is 44.6 Å². The van der Waals surface area contributed by atoms with Crippen LogP contribution < -0.4 is 0 Å². The summed E-state index contributed by atoms with van der Waals surface area (Å²) in [5.74, 6) is 1.51. The summed E-state index contributed by atoms with van der Waals surface area (Å²) in [6.07, 6.45) is 5.16. The third-order valence-electron chi connectivity index (χ3n) is 4.00. The standard InChI is InChI=1S/C16H17BrN2S/c1-10-8-12(17)6-7-13(10)16-18-14(9-15(20)19-16)11-4-2-3-5-11/h6-9,11H,2-5H2,1H3,(H,18,19,20). The van der Waals surface area contributed by atoms with E-state index in [-0.39, 0.29) is 0 Å². The molecule has 104 valence electrons. The summed E-state index contributed by atoms with van der Waals surface area (Å²) in [7, 11) is 0. The molecule has 0 aliphatic heterocycles. The van der Waals surface area contributed by atoms with Crippen LogP contribution in [0.2, 0.25) is 0 Å². The van der Waals surface area contributed by atoms with Gasteiger partial charge < -0.3 is 4.98 Å². The molecule has 1 aromatic carbocycles. The van der Waals surface area contributed by atoms with Gasteiger partial charge in [-0.1, -0.05) is 41.0 Å². The van der Waals surface area contributed by atoms with Gasteiger partial charge in [0.05, 0.1) is 0 Å². The molecule has 1 aliphatic rings. The minimum absolute atomic E-state index is 0.620. The van der Waals surface area contributed by atoms with Crippen molar-refractivity contribution in [3.63, 3.8) is 0 Å². The Labute approximate surface area is 132 Å². The molecule has 1 aliphatic carbocycles. The van der Waals surface area contributed by atoms with Crippen LogP contribution in [0.5, 0.6) is 0 Å². The first-order valence-electron chi connectivity index (χ1n) is 7.01. The van der Waals surface area contributed by atoms with E-state index in [1.54, 1.807) is 0 Å². The minimum Gasteiger partial charge on any atom is -0.343 e. The molecule has 20 heavy (non-hydrogen) atoms. The summed E-state index contributed by atoms with van der Waals surface area (Å²) in [6.45, 7) is 2.10. The lowest BCUT2D eigenvalue weighted by Gasteiger charge is -2.13. The van der Waals surface area contributed by atoms with Crippen LogP contribution in [-0.4, -0.2) is 9.97 Å². The van der Waals surface area contributed by atoms with Gasteiger partial charge in [0.15, 0.2) is 0 Å². The third-order valence-corrected chi connectivity index (χ3v) is 4.70. The Morgan fingerprint density at radius 2 is 2.00 bits per heavy atom. The molecule has 2 aromatic rings. The Balaban J connectivity index is 2.07. The Morgan fingerprint density at radius 1 is 1.25 bits per heavy atom. The fourth-order valence-corrected chi connectivity index (χ4v) is 3.65. The van der Waals surface area contributed by atoms with E-state index in [9.17, 15) is 0 Å². The first-order valence-corrected chi connectivity index (χ1v) is 8.21. The lowest BCUT2D eigenvalue weighted by Crippen LogP contribution is -2.01. The second-order valence-corrected chi connectivity index (χ2v) is 6.80. The number of aromatic amines is 1. The molecular formula is C16H17BrN2S. The zero-order chi connectivity index (χ0) is 14.1. The highest BCUT2D eigenvalue weighted by Crippen LogP contribution is 2.34. The molecule has 1 heterocycles. The molecule has 4 heteroatoms. The fraction of sp³-hybridized carbons (Fsp3) is 0.375. The molecule has 0 amide bonds. The van der Waals surface area contributed by atoms with Crippen molar-refractivity contribution < 1.29 is 0 Å². The predicted octanol–water partition coefficient (Wildman–Crippen LogP) is 5.53. The molecule has 0 bridgehead atoms. The van der Waals surface area contributed by atoms with Crippen molar-refractivity contribution in [2.75, 3.05) is 0 Å². The number of aryl methyl sites for hydroxylation is 1. The molecule has 0 saturated heterocycles. The molecule has 1 N–H and O–H groups in total. The highest BCUT2D eigenvalue weighted by atomic mass is 79.9. The van der Waals surface area contributed by atoms with Gasteiger partial charge in [-0.15, -0.1) is 0 Å². The van der Waals surface area contributed by atoms with Gasteiger partial charge in [-0.3, -0.25) is 0 Å².